The molecule has 0 spiro atoms. The van der Waals surface area contributed by atoms with E-state index in [9.17, 15) is 14.4 Å². The maximum Gasteiger partial charge on any atom is 0.255 e. The van der Waals surface area contributed by atoms with Crippen LogP contribution >= 0.6 is 11.6 Å². The predicted molar refractivity (Wildman–Crippen MR) is 103 cm³/mol. The fraction of sp³-hybridized carbons (Fsp3) is 0.100. The van der Waals surface area contributed by atoms with Gasteiger partial charge in [-0.05, 0) is 36.4 Å². The third-order valence-corrected chi connectivity index (χ3v) is 4.71. The summed E-state index contributed by atoms with van der Waals surface area (Å²) in [6, 6.07) is 13.4. The highest BCUT2D eigenvalue weighted by Gasteiger charge is 2.30. The number of fused-ring (bicyclic) bond motifs is 1. The molecule has 1 aliphatic heterocycles. The van der Waals surface area contributed by atoms with Crippen LogP contribution in [0, 0.1) is 0 Å². The van der Waals surface area contributed by atoms with Crippen LogP contribution in [-0.4, -0.2) is 22.7 Å². The number of rotatable bonds is 3. The number of hydrogen-bond acceptors (Lipinski definition) is 4. The summed E-state index contributed by atoms with van der Waals surface area (Å²) < 4.78 is 0. The minimum absolute atomic E-state index is 0.221. The number of anilines is 2. The van der Waals surface area contributed by atoms with Crippen LogP contribution in [0.1, 0.15) is 23.2 Å². The van der Waals surface area contributed by atoms with Crippen molar-refractivity contribution in [1.82, 2.24) is 4.98 Å². The van der Waals surface area contributed by atoms with Crippen molar-refractivity contribution in [2.24, 2.45) is 0 Å². The first-order valence-electron chi connectivity index (χ1n) is 8.35. The van der Waals surface area contributed by atoms with Crippen LogP contribution in [0.25, 0.3) is 10.9 Å². The first-order valence-corrected chi connectivity index (χ1v) is 8.73. The van der Waals surface area contributed by atoms with Crippen molar-refractivity contribution in [3.8, 4) is 0 Å². The normalized spacial score (nSPS) is 14.0. The fourth-order valence-corrected chi connectivity index (χ4v) is 3.29. The second-order valence-corrected chi connectivity index (χ2v) is 6.53. The molecular weight excluding hydrogens is 366 g/mol. The molecule has 4 rings (SSSR count). The monoisotopic (exact) mass is 379 g/mol. The van der Waals surface area contributed by atoms with Gasteiger partial charge in [-0.3, -0.25) is 24.3 Å². The molecule has 2 heterocycles. The summed E-state index contributed by atoms with van der Waals surface area (Å²) in [6.07, 6.45) is 2.02. The van der Waals surface area contributed by atoms with E-state index < -0.39 is 0 Å². The second-order valence-electron chi connectivity index (χ2n) is 6.12. The molecule has 27 heavy (non-hydrogen) atoms. The molecule has 3 aromatic rings. The average Bonchev–Trinajstić information content (AvgIpc) is 3.01. The topological polar surface area (TPSA) is 79.4 Å². The fourth-order valence-electron chi connectivity index (χ4n) is 3.07. The van der Waals surface area contributed by atoms with Gasteiger partial charge in [-0.15, -0.1) is 0 Å². The van der Waals surface area contributed by atoms with Crippen LogP contribution in [0.4, 0.5) is 11.4 Å². The van der Waals surface area contributed by atoms with Gasteiger partial charge in [-0.2, -0.15) is 0 Å². The number of hydrogen-bond donors (Lipinski definition) is 1. The lowest BCUT2D eigenvalue weighted by Crippen LogP contribution is -2.28. The van der Waals surface area contributed by atoms with Gasteiger partial charge in [0.2, 0.25) is 11.8 Å². The summed E-state index contributed by atoms with van der Waals surface area (Å²) in [5.74, 6) is -0.761. The van der Waals surface area contributed by atoms with E-state index in [0.717, 1.165) is 10.3 Å². The van der Waals surface area contributed by atoms with Crippen LogP contribution in [0.15, 0.2) is 54.7 Å². The van der Waals surface area contributed by atoms with Crippen molar-refractivity contribution in [1.29, 1.82) is 0 Å². The number of para-hydroxylation sites is 1. The lowest BCUT2D eigenvalue weighted by molar-refractivity contribution is -0.121. The number of carbonyl (C=O) groups is 3. The van der Waals surface area contributed by atoms with Gasteiger partial charge in [0.25, 0.3) is 5.91 Å². The summed E-state index contributed by atoms with van der Waals surface area (Å²) in [4.78, 5) is 41.6. The van der Waals surface area contributed by atoms with Crippen molar-refractivity contribution in [2.75, 3.05) is 10.2 Å². The van der Waals surface area contributed by atoms with Gasteiger partial charge in [0.15, 0.2) is 0 Å². The molecule has 134 valence electrons. The molecule has 0 unspecified atom stereocenters. The summed E-state index contributed by atoms with van der Waals surface area (Å²) in [5, 5.41) is 4.10. The van der Waals surface area contributed by atoms with Gasteiger partial charge >= 0.3 is 0 Å². The van der Waals surface area contributed by atoms with E-state index in [1.165, 1.54) is 0 Å². The number of benzene rings is 2. The van der Waals surface area contributed by atoms with E-state index in [4.69, 9.17) is 11.6 Å². The number of nitrogens with zero attached hydrogens (tertiary/aromatic N) is 2. The smallest absolute Gasteiger partial charge is 0.255 e. The number of halogens is 1. The zero-order valence-electron chi connectivity index (χ0n) is 14.1. The van der Waals surface area contributed by atoms with Crippen molar-refractivity contribution in [3.05, 3.63) is 65.3 Å². The molecule has 7 heteroatoms. The number of amides is 3. The van der Waals surface area contributed by atoms with Gasteiger partial charge in [0, 0.05) is 30.0 Å². The molecule has 1 fully saturated rings. The second kappa shape index (κ2) is 6.81. The van der Waals surface area contributed by atoms with Crippen LogP contribution < -0.4 is 10.2 Å². The van der Waals surface area contributed by atoms with Crippen molar-refractivity contribution >= 4 is 51.6 Å². The van der Waals surface area contributed by atoms with E-state index in [-0.39, 0.29) is 30.6 Å². The molecule has 0 aliphatic carbocycles. The molecule has 1 aromatic heterocycles. The Labute approximate surface area is 159 Å². The molecule has 0 saturated carbocycles. The third kappa shape index (κ3) is 3.15. The lowest BCUT2D eigenvalue weighted by atomic mass is 10.1. The SMILES string of the molecule is O=C(Nc1ccnc2c(Cl)cccc12)c1ccc(N2C(=O)CCC2=O)cc1. The molecule has 2 aromatic carbocycles. The highest BCUT2D eigenvalue weighted by Crippen LogP contribution is 2.28. The molecular formula is C20H14ClN3O3. The highest BCUT2D eigenvalue weighted by atomic mass is 35.5. The lowest BCUT2D eigenvalue weighted by Gasteiger charge is -2.14. The maximum absolute atomic E-state index is 12.6. The van der Waals surface area contributed by atoms with E-state index >= 15 is 0 Å². The Bertz CT molecular complexity index is 1060. The minimum Gasteiger partial charge on any atom is -0.321 e. The molecule has 6 nitrogen and oxygen atoms in total. The molecule has 1 aliphatic rings. The summed E-state index contributed by atoms with van der Waals surface area (Å²) in [7, 11) is 0. The molecule has 1 saturated heterocycles. The van der Waals surface area contributed by atoms with Gasteiger partial charge in [0.1, 0.15) is 0 Å². The van der Waals surface area contributed by atoms with Gasteiger partial charge in [0.05, 0.1) is 21.9 Å². The molecule has 0 radical (unpaired) electrons. The maximum atomic E-state index is 12.6. The number of nitrogens with one attached hydrogen (secondary N) is 1. The minimum atomic E-state index is -0.312. The molecule has 0 atom stereocenters. The number of pyridine rings is 1. The first kappa shape index (κ1) is 17.2. The van der Waals surface area contributed by atoms with E-state index in [1.807, 2.05) is 6.07 Å². The molecule has 3 amide bonds. The Balaban J connectivity index is 1.58. The third-order valence-electron chi connectivity index (χ3n) is 4.41. The van der Waals surface area contributed by atoms with Crippen LogP contribution in [0.3, 0.4) is 0 Å². The van der Waals surface area contributed by atoms with E-state index in [2.05, 4.69) is 10.3 Å². The summed E-state index contributed by atoms with van der Waals surface area (Å²) in [6.45, 7) is 0. The zero-order valence-corrected chi connectivity index (χ0v) is 14.9. The van der Waals surface area contributed by atoms with E-state index in [0.29, 0.717) is 27.5 Å². The Morgan fingerprint density at radius 2 is 1.70 bits per heavy atom. The average molecular weight is 380 g/mol. The highest BCUT2D eigenvalue weighted by molar-refractivity contribution is 6.35. The van der Waals surface area contributed by atoms with E-state index in [1.54, 1.807) is 48.7 Å². The first-order chi connectivity index (χ1) is 13.0. The van der Waals surface area contributed by atoms with Crippen molar-refractivity contribution < 1.29 is 14.4 Å². The standard InChI is InChI=1S/C20H14ClN3O3/c21-15-3-1-2-14-16(10-11-22-19(14)15)23-20(27)12-4-6-13(7-5-12)24-17(25)8-9-18(24)26/h1-7,10-11H,8-9H2,(H,22,23,27). The van der Waals surface area contributed by atoms with Gasteiger partial charge < -0.3 is 5.32 Å². The molecule has 1 N–H and O–H groups in total. The summed E-state index contributed by atoms with van der Waals surface area (Å²) >= 11 is 6.15. The van der Waals surface area contributed by atoms with Crippen LogP contribution in [-0.2, 0) is 9.59 Å². The Kier molecular flexibility index (Phi) is 4.33. The quantitative estimate of drug-likeness (QED) is 0.702. The number of imide groups is 1. The van der Waals surface area contributed by atoms with Crippen molar-refractivity contribution in [3.63, 3.8) is 0 Å². The number of carbonyl (C=O) groups excluding carboxylic acids is 3. The number of aromatic nitrogens is 1. The van der Waals surface area contributed by atoms with Crippen LogP contribution in [0.5, 0.6) is 0 Å². The largest absolute Gasteiger partial charge is 0.321 e. The Hall–Kier alpha value is -3.25. The Morgan fingerprint density at radius 1 is 1.00 bits per heavy atom. The van der Waals surface area contributed by atoms with Crippen molar-refractivity contribution in [2.45, 2.75) is 12.8 Å². The zero-order chi connectivity index (χ0) is 19.0. The Morgan fingerprint density at radius 3 is 2.41 bits per heavy atom. The van der Waals surface area contributed by atoms with Gasteiger partial charge in [-0.1, -0.05) is 23.7 Å². The van der Waals surface area contributed by atoms with Gasteiger partial charge in [-0.25, -0.2) is 0 Å². The van der Waals surface area contributed by atoms with Crippen LogP contribution in [0.2, 0.25) is 5.02 Å². The predicted octanol–water partition coefficient (Wildman–Crippen LogP) is 3.79. The molecule has 0 bridgehead atoms. The summed E-state index contributed by atoms with van der Waals surface area (Å²) in [5.41, 5.74) is 2.09.